The van der Waals surface area contributed by atoms with Crippen LogP contribution in [0.5, 0.6) is 0 Å². The largest absolute Gasteiger partial charge is 0.502 e. The Morgan fingerprint density at radius 3 is 1.56 bits per heavy atom. The Hall–Kier alpha value is -2.00. The lowest BCUT2D eigenvalue weighted by Crippen LogP contribution is -2.06. The first-order valence-corrected chi connectivity index (χ1v) is 12.8. The lowest BCUT2D eigenvalue weighted by atomic mass is 10.2. The molecular formula is C27H38O5S2. The van der Waals surface area contributed by atoms with Gasteiger partial charge in [-0.2, -0.15) is 0 Å². The molecular weight excluding hydrogens is 468 g/mol. The van der Waals surface area contributed by atoms with Crippen molar-refractivity contribution in [2.24, 2.45) is 5.92 Å². The minimum atomic E-state index is -1.25. The molecule has 0 spiro atoms. The second kappa shape index (κ2) is 20.4. The first-order chi connectivity index (χ1) is 16.2. The van der Waals surface area contributed by atoms with E-state index in [0.29, 0.717) is 23.8 Å². The molecule has 0 unspecified atom stereocenters. The minimum Gasteiger partial charge on any atom is -0.502 e. The van der Waals surface area contributed by atoms with Crippen LogP contribution in [-0.2, 0) is 4.74 Å². The van der Waals surface area contributed by atoms with Gasteiger partial charge in [0.1, 0.15) is 0 Å². The van der Waals surface area contributed by atoms with Gasteiger partial charge in [0.2, 0.25) is 0 Å². The average molecular weight is 507 g/mol. The monoisotopic (exact) mass is 506 g/mol. The molecule has 0 aromatic heterocycles. The Morgan fingerprint density at radius 2 is 1.24 bits per heavy atom. The smallest absolute Gasteiger partial charge is 0.160 e. The number of aliphatic hydroxyl groups excluding tert-OH is 2. The number of ether oxygens (including phenoxy) is 1. The van der Waals surface area contributed by atoms with Gasteiger partial charge in [-0.1, -0.05) is 70.0 Å². The first kappa shape index (κ1) is 32.0. The molecule has 5 nitrogen and oxygen atoms in total. The van der Waals surface area contributed by atoms with Crippen LogP contribution >= 0.6 is 23.5 Å². The van der Waals surface area contributed by atoms with Crippen molar-refractivity contribution in [3.05, 3.63) is 85.7 Å². The van der Waals surface area contributed by atoms with E-state index >= 15 is 0 Å². The summed E-state index contributed by atoms with van der Waals surface area (Å²) in [5, 5.41) is 34.5. The Labute approximate surface area is 212 Å². The van der Waals surface area contributed by atoms with Gasteiger partial charge in [0, 0.05) is 27.7 Å². The molecule has 0 saturated carbocycles. The Kier molecular flexibility index (Phi) is 19.2. The fraction of sp³-hybridized carbons (Fsp3) is 0.333. The Bertz CT molecular complexity index is 788. The number of aliphatic hydroxyl groups is 4. The van der Waals surface area contributed by atoms with Gasteiger partial charge in [0.25, 0.3) is 0 Å². The quantitative estimate of drug-likeness (QED) is 0.168. The average Bonchev–Trinajstić information content (AvgIpc) is 2.82. The number of rotatable bonds is 12. The molecule has 0 fully saturated rings. The highest BCUT2D eigenvalue weighted by atomic mass is 32.2. The molecule has 0 saturated heterocycles. The van der Waals surface area contributed by atoms with Crippen molar-refractivity contribution in [1.82, 2.24) is 0 Å². The lowest BCUT2D eigenvalue weighted by Gasteiger charge is -2.03. The van der Waals surface area contributed by atoms with E-state index < -0.39 is 12.6 Å². The number of benzene rings is 2. The maximum atomic E-state index is 8.64. The molecule has 188 valence electrons. The summed E-state index contributed by atoms with van der Waals surface area (Å²) in [6.07, 6.45) is 2.99. The van der Waals surface area contributed by atoms with E-state index in [-0.39, 0.29) is 0 Å². The van der Waals surface area contributed by atoms with Crippen molar-refractivity contribution < 1.29 is 25.2 Å². The predicted molar refractivity (Wildman–Crippen MR) is 147 cm³/mol. The molecule has 0 bridgehead atoms. The van der Waals surface area contributed by atoms with Crippen LogP contribution in [0.2, 0.25) is 0 Å². The third-order valence-electron chi connectivity index (χ3n) is 3.82. The van der Waals surface area contributed by atoms with E-state index in [1.807, 2.05) is 48.5 Å². The maximum absolute atomic E-state index is 8.64. The SMILES string of the molecule is C=COCC(C)C.C=Cc1ccc(SCC(O)O)cc1.C=Cc1ccc(SCCC(O)O)cc1. The van der Waals surface area contributed by atoms with Crippen molar-refractivity contribution >= 4 is 35.7 Å². The van der Waals surface area contributed by atoms with E-state index in [9.17, 15) is 0 Å². The van der Waals surface area contributed by atoms with E-state index in [1.165, 1.54) is 18.0 Å². The zero-order chi connectivity index (χ0) is 25.8. The van der Waals surface area contributed by atoms with Crippen molar-refractivity contribution in [2.75, 3.05) is 18.1 Å². The van der Waals surface area contributed by atoms with Gasteiger partial charge >= 0.3 is 0 Å². The summed E-state index contributed by atoms with van der Waals surface area (Å²) >= 11 is 3.03. The lowest BCUT2D eigenvalue weighted by molar-refractivity contribution is -0.0404. The van der Waals surface area contributed by atoms with Gasteiger partial charge in [0.05, 0.1) is 12.9 Å². The van der Waals surface area contributed by atoms with Crippen LogP contribution < -0.4 is 0 Å². The molecule has 2 rings (SSSR count). The molecule has 0 atom stereocenters. The van der Waals surface area contributed by atoms with E-state index in [1.54, 1.807) is 23.9 Å². The second-order valence-electron chi connectivity index (χ2n) is 7.35. The zero-order valence-corrected chi connectivity index (χ0v) is 21.7. The summed E-state index contributed by atoms with van der Waals surface area (Å²) in [7, 11) is 0. The highest BCUT2D eigenvalue weighted by Crippen LogP contribution is 2.20. The molecule has 0 amide bonds. The van der Waals surface area contributed by atoms with Gasteiger partial charge in [-0.3, -0.25) is 0 Å². The molecule has 0 heterocycles. The van der Waals surface area contributed by atoms with E-state index in [2.05, 4.69) is 33.6 Å². The molecule has 0 radical (unpaired) electrons. The van der Waals surface area contributed by atoms with Crippen LogP contribution in [0.25, 0.3) is 12.2 Å². The van der Waals surface area contributed by atoms with Gasteiger partial charge in [-0.25, -0.2) is 0 Å². The molecule has 2 aromatic rings. The van der Waals surface area contributed by atoms with Crippen LogP contribution in [0, 0.1) is 5.92 Å². The number of thioether (sulfide) groups is 2. The van der Waals surface area contributed by atoms with E-state index in [0.717, 1.165) is 27.5 Å². The van der Waals surface area contributed by atoms with Gasteiger partial charge < -0.3 is 25.2 Å². The topological polar surface area (TPSA) is 90.2 Å². The summed E-state index contributed by atoms with van der Waals surface area (Å²) in [5.41, 5.74) is 2.16. The van der Waals surface area contributed by atoms with Crippen LogP contribution in [0.4, 0.5) is 0 Å². The van der Waals surface area contributed by atoms with Crippen molar-refractivity contribution in [2.45, 2.75) is 42.6 Å². The van der Waals surface area contributed by atoms with Crippen molar-refractivity contribution in [1.29, 1.82) is 0 Å². The van der Waals surface area contributed by atoms with Crippen molar-refractivity contribution in [3.8, 4) is 0 Å². The van der Waals surface area contributed by atoms with Crippen LogP contribution in [0.1, 0.15) is 31.4 Å². The van der Waals surface area contributed by atoms with Crippen LogP contribution in [0.15, 0.2) is 84.3 Å². The molecule has 7 heteroatoms. The maximum Gasteiger partial charge on any atom is 0.160 e. The van der Waals surface area contributed by atoms with Crippen LogP contribution in [0.3, 0.4) is 0 Å². The fourth-order valence-electron chi connectivity index (χ4n) is 2.11. The molecule has 0 aliphatic heterocycles. The van der Waals surface area contributed by atoms with Gasteiger partial charge in [-0.15, -0.1) is 23.5 Å². The summed E-state index contributed by atoms with van der Waals surface area (Å²) in [6, 6.07) is 15.7. The third-order valence-corrected chi connectivity index (χ3v) is 5.94. The number of hydrogen-bond acceptors (Lipinski definition) is 7. The molecule has 34 heavy (non-hydrogen) atoms. The highest BCUT2D eigenvalue weighted by molar-refractivity contribution is 7.99. The summed E-state index contributed by atoms with van der Waals surface area (Å²) in [4.78, 5) is 2.16. The van der Waals surface area contributed by atoms with Gasteiger partial charge in [0.15, 0.2) is 12.6 Å². The molecule has 0 aliphatic carbocycles. The van der Waals surface area contributed by atoms with Gasteiger partial charge in [-0.05, 0) is 41.3 Å². The van der Waals surface area contributed by atoms with Crippen molar-refractivity contribution in [3.63, 3.8) is 0 Å². The summed E-state index contributed by atoms with van der Waals surface area (Å²) in [5.74, 6) is 1.62. The van der Waals surface area contributed by atoms with E-state index in [4.69, 9.17) is 25.2 Å². The fourth-order valence-corrected chi connectivity index (χ4v) is 3.68. The van der Waals surface area contributed by atoms with Crippen LogP contribution in [-0.4, -0.2) is 51.1 Å². The highest BCUT2D eigenvalue weighted by Gasteiger charge is 1.99. The molecule has 0 aliphatic rings. The predicted octanol–water partition coefficient (Wildman–Crippen LogP) is 5.66. The Balaban J connectivity index is 0.000000509. The minimum absolute atomic E-state index is 0.299. The Morgan fingerprint density at radius 1 is 0.765 bits per heavy atom. The molecule has 4 N–H and O–H groups in total. The normalized spacial score (nSPS) is 10.1. The summed E-state index contributed by atoms with van der Waals surface area (Å²) in [6.45, 7) is 15.7. The standard InChI is InChI=1S/C11H14O2S.C10H12O2S.C6H12O/c1-2-9-3-5-10(6-4-9)14-8-7-11(12)13;1-2-8-3-5-9(6-4-8)13-7-10(11)12;1-4-7-5-6(2)3/h2-6,11-13H,1,7-8H2;2-6,10-12H,1,7H2;4,6H,1,5H2,2-3H3. The first-order valence-electron chi connectivity index (χ1n) is 10.9. The third kappa shape index (κ3) is 18.4. The number of hydrogen-bond donors (Lipinski definition) is 4. The second-order valence-corrected chi connectivity index (χ2v) is 9.61. The summed E-state index contributed by atoms with van der Waals surface area (Å²) < 4.78 is 4.86. The zero-order valence-electron chi connectivity index (χ0n) is 20.0. The molecule has 2 aromatic carbocycles.